The average Bonchev–Trinajstić information content (AvgIpc) is 2.32. The number of ketones is 1. The second-order valence-electron chi connectivity index (χ2n) is 7.60. The molecule has 8 heteroatoms. The third-order valence-electron chi connectivity index (χ3n) is 3.28. The fraction of sp³-hybridized carbons (Fsp3) is 0.867. The zero-order valence-electron chi connectivity index (χ0n) is 14.7. The van der Waals surface area contributed by atoms with E-state index in [9.17, 15) is 14.2 Å². The number of hydrogen-bond acceptors (Lipinski definition) is 4. The van der Waals surface area contributed by atoms with Crippen LogP contribution < -0.4 is 5.32 Å². The molecule has 0 aliphatic carbocycles. The van der Waals surface area contributed by atoms with Gasteiger partial charge in [-0.3, -0.25) is 9.32 Å². The van der Waals surface area contributed by atoms with Crippen molar-refractivity contribution in [3.8, 4) is 0 Å². The van der Waals surface area contributed by atoms with Gasteiger partial charge in [-0.05, 0) is 30.6 Å². The molecule has 23 heavy (non-hydrogen) atoms. The van der Waals surface area contributed by atoms with Crippen LogP contribution in [-0.2, 0) is 18.7 Å². The molecule has 3 N–H and O–H groups in total. The molecule has 0 saturated carbocycles. The number of hydrogen-bond donors (Lipinski definition) is 3. The molecule has 0 saturated heterocycles. The van der Waals surface area contributed by atoms with Gasteiger partial charge in [0.05, 0.1) is 6.61 Å². The van der Waals surface area contributed by atoms with E-state index in [1.807, 2.05) is 27.7 Å². The van der Waals surface area contributed by atoms with Gasteiger partial charge in [-0.1, -0.05) is 27.7 Å². The van der Waals surface area contributed by atoms with Crippen LogP contribution in [0.3, 0.4) is 0 Å². The Bertz CT molecular complexity index is 455. The molecule has 0 rings (SSSR count). The average molecular weight is 351 g/mol. The van der Waals surface area contributed by atoms with Crippen LogP contribution in [0.5, 0.6) is 0 Å². The van der Waals surface area contributed by atoms with Gasteiger partial charge in [0.15, 0.2) is 0 Å². The maximum absolute atomic E-state index is 11.7. The number of carbonyl (C=O) groups is 2. The van der Waals surface area contributed by atoms with Crippen molar-refractivity contribution < 1.29 is 28.5 Å². The van der Waals surface area contributed by atoms with E-state index in [-0.39, 0.29) is 23.7 Å². The van der Waals surface area contributed by atoms with Gasteiger partial charge < -0.3 is 19.9 Å². The molecular formula is C15H30NO6P. The minimum absolute atomic E-state index is 0.0622. The number of Topliss-reactive ketones (excluding diaryl/α,β-unsaturated/α-hetero) is 1. The Morgan fingerprint density at radius 2 is 1.65 bits per heavy atom. The highest BCUT2D eigenvalue weighted by Crippen LogP contribution is 2.41. The van der Waals surface area contributed by atoms with E-state index in [0.29, 0.717) is 32.2 Å². The SMILES string of the molecule is CC(=O)CCCC(=O)NCC(C)(C)CC(C)(C)COP(=O)(O)O. The van der Waals surface area contributed by atoms with Crippen molar-refractivity contribution in [3.63, 3.8) is 0 Å². The van der Waals surface area contributed by atoms with Crippen LogP contribution in [0.15, 0.2) is 0 Å². The highest BCUT2D eigenvalue weighted by molar-refractivity contribution is 7.46. The number of amides is 1. The van der Waals surface area contributed by atoms with Crippen molar-refractivity contribution >= 4 is 19.5 Å². The normalized spacial score (nSPS) is 13.0. The highest BCUT2D eigenvalue weighted by atomic mass is 31.2. The van der Waals surface area contributed by atoms with Crippen LogP contribution in [0.1, 0.15) is 60.3 Å². The Labute approximate surface area is 138 Å². The molecule has 1 amide bonds. The lowest BCUT2D eigenvalue weighted by Gasteiger charge is -2.34. The minimum atomic E-state index is -4.48. The maximum atomic E-state index is 11.7. The van der Waals surface area contributed by atoms with E-state index in [4.69, 9.17) is 9.79 Å². The summed E-state index contributed by atoms with van der Waals surface area (Å²) in [6, 6.07) is 0. The van der Waals surface area contributed by atoms with Gasteiger partial charge in [-0.15, -0.1) is 0 Å². The van der Waals surface area contributed by atoms with Crippen LogP contribution in [0.2, 0.25) is 0 Å². The van der Waals surface area contributed by atoms with E-state index in [1.165, 1.54) is 6.92 Å². The summed E-state index contributed by atoms with van der Waals surface area (Å²) in [5.74, 6) is -0.0199. The summed E-state index contributed by atoms with van der Waals surface area (Å²) >= 11 is 0. The summed E-state index contributed by atoms with van der Waals surface area (Å²) in [6.07, 6.45) is 1.89. The lowest BCUT2D eigenvalue weighted by Crippen LogP contribution is -2.37. The smallest absolute Gasteiger partial charge is 0.356 e. The van der Waals surface area contributed by atoms with Crippen molar-refractivity contribution in [1.29, 1.82) is 0 Å². The number of nitrogens with one attached hydrogen (secondary N) is 1. The first kappa shape index (κ1) is 22.2. The predicted molar refractivity (Wildman–Crippen MR) is 87.7 cm³/mol. The molecular weight excluding hydrogens is 321 g/mol. The number of phosphoric acid groups is 1. The molecule has 0 fully saturated rings. The Morgan fingerprint density at radius 1 is 1.09 bits per heavy atom. The largest absolute Gasteiger partial charge is 0.469 e. The first-order chi connectivity index (χ1) is 10.2. The van der Waals surface area contributed by atoms with E-state index >= 15 is 0 Å². The third kappa shape index (κ3) is 13.4. The second-order valence-corrected chi connectivity index (χ2v) is 8.84. The van der Waals surface area contributed by atoms with Gasteiger partial charge >= 0.3 is 7.82 Å². The molecule has 0 heterocycles. The van der Waals surface area contributed by atoms with Crippen molar-refractivity contribution in [3.05, 3.63) is 0 Å². The lowest BCUT2D eigenvalue weighted by atomic mass is 9.75. The number of carbonyl (C=O) groups excluding carboxylic acids is 2. The van der Waals surface area contributed by atoms with E-state index in [1.54, 1.807) is 0 Å². The van der Waals surface area contributed by atoms with Gasteiger partial charge in [0.1, 0.15) is 5.78 Å². The fourth-order valence-electron chi connectivity index (χ4n) is 2.59. The molecule has 0 aliphatic rings. The van der Waals surface area contributed by atoms with Crippen molar-refractivity contribution in [1.82, 2.24) is 5.32 Å². The Kier molecular flexibility index (Phi) is 8.63. The monoisotopic (exact) mass is 351 g/mol. The Hall–Kier alpha value is -0.750. The van der Waals surface area contributed by atoms with Crippen LogP contribution in [-0.4, -0.2) is 34.6 Å². The topological polar surface area (TPSA) is 113 Å². The van der Waals surface area contributed by atoms with Gasteiger partial charge in [-0.25, -0.2) is 4.57 Å². The molecule has 0 radical (unpaired) electrons. The predicted octanol–water partition coefficient (Wildman–Crippen LogP) is 2.41. The van der Waals surface area contributed by atoms with Crippen LogP contribution in [0.4, 0.5) is 0 Å². The molecule has 7 nitrogen and oxygen atoms in total. The fourth-order valence-corrected chi connectivity index (χ4v) is 3.11. The van der Waals surface area contributed by atoms with E-state index < -0.39 is 13.2 Å². The van der Waals surface area contributed by atoms with Crippen molar-refractivity contribution in [2.45, 2.75) is 60.3 Å². The lowest BCUT2D eigenvalue weighted by molar-refractivity contribution is -0.122. The molecule has 0 aromatic rings. The number of phosphoric ester groups is 1. The summed E-state index contributed by atoms with van der Waals surface area (Å²) in [5.41, 5.74) is -0.692. The van der Waals surface area contributed by atoms with Gasteiger partial charge in [0.25, 0.3) is 0 Å². The highest BCUT2D eigenvalue weighted by Gasteiger charge is 2.31. The molecule has 0 aliphatic heterocycles. The molecule has 136 valence electrons. The molecule has 0 atom stereocenters. The molecule has 0 unspecified atom stereocenters. The quantitative estimate of drug-likeness (QED) is 0.493. The first-order valence-corrected chi connectivity index (χ1v) is 9.22. The Balaban J connectivity index is 4.28. The molecule has 0 aromatic carbocycles. The van der Waals surface area contributed by atoms with Crippen LogP contribution >= 0.6 is 7.82 Å². The molecule has 0 bridgehead atoms. The standard InChI is InChI=1S/C15H30NO6P/c1-12(17)7-6-8-13(18)16-10-14(2,3)9-15(4,5)11-22-23(19,20)21/h6-11H2,1-5H3,(H,16,18)(H2,19,20,21). The number of rotatable bonds is 11. The summed E-state index contributed by atoms with van der Waals surface area (Å²) in [4.78, 5) is 40.1. The van der Waals surface area contributed by atoms with E-state index in [0.717, 1.165) is 0 Å². The first-order valence-electron chi connectivity index (χ1n) is 7.69. The maximum Gasteiger partial charge on any atom is 0.469 e. The summed E-state index contributed by atoms with van der Waals surface area (Å²) in [7, 11) is -4.48. The minimum Gasteiger partial charge on any atom is -0.356 e. The summed E-state index contributed by atoms with van der Waals surface area (Å²) in [5, 5.41) is 2.85. The van der Waals surface area contributed by atoms with Crippen LogP contribution in [0, 0.1) is 10.8 Å². The second kappa shape index (κ2) is 8.92. The molecule has 0 aromatic heterocycles. The van der Waals surface area contributed by atoms with Crippen molar-refractivity contribution in [2.75, 3.05) is 13.2 Å². The van der Waals surface area contributed by atoms with E-state index in [2.05, 4.69) is 9.84 Å². The Morgan fingerprint density at radius 3 is 2.13 bits per heavy atom. The zero-order valence-corrected chi connectivity index (χ0v) is 15.6. The zero-order chi connectivity index (χ0) is 18.3. The van der Waals surface area contributed by atoms with Gasteiger partial charge in [0.2, 0.25) is 5.91 Å². The summed E-state index contributed by atoms with van der Waals surface area (Å²) < 4.78 is 15.4. The third-order valence-corrected chi connectivity index (χ3v) is 3.74. The van der Waals surface area contributed by atoms with Gasteiger partial charge in [-0.2, -0.15) is 0 Å². The van der Waals surface area contributed by atoms with Gasteiger partial charge in [0, 0.05) is 19.4 Å². The van der Waals surface area contributed by atoms with Crippen LogP contribution in [0.25, 0.3) is 0 Å². The summed E-state index contributed by atoms with van der Waals surface area (Å²) in [6.45, 7) is 9.56. The van der Waals surface area contributed by atoms with Crippen molar-refractivity contribution in [2.24, 2.45) is 10.8 Å². The molecule has 0 spiro atoms.